The van der Waals surface area contributed by atoms with Gasteiger partial charge in [0, 0.05) is 13.2 Å². The zero-order valence-electron chi connectivity index (χ0n) is 12.4. The Bertz CT molecular complexity index is 485. The largest absolute Gasteiger partial charge is 0.483 e. The van der Waals surface area contributed by atoms with Gasteiger partial charge >= 0.3 is 0 Å². The number of benzene rings is 1. The highest BCUT2D eigenvalue weighted by Gasteiger charge is 2.12. The van der Waals surface area contributed by atoms with Crippen LogP contribution in [-0.2, 0) is 9.53 Å². The smallest absolute Gasteiger partial charge is 0.258 e. The normalized spacial score (nSPS) is 11.8. The molecule has 1 aromatic rings. The second-order valence-corrected chi connectivity index (χ2v) is 4.77. The number of ether oxygens (including phenoxy) is 2. The molecule has 0 heterocycles. The summed E-state index contributed by atoms with van der Waals surface area (Å²) in [7, 11) is 1.57. The molecule has 1 amide bonds. The van der Waals surface area contributed by atoms with Crippen molar-refractivity contribution in [2.75, 3.05) is 20.3 Å². The number of aryl methyl sites for hydroxylation is 1. The van der Waals surface area contributed by atoms with Crippen LogP contribution >= 0.6 is 0 Å². The van der Waals surface area contributed by atoms with Crippen LogP contribution in [0.3, 0.4) is 0 Å². The lowest BCUT2D eigenvalue weighted by Gasteiger charge is -2.14. The van der Waals surface area contributed by atoms with E-state index in [0.717, 1.165) is 5.56 Å². The average molecular weight is 279 g/mol. The number of Topliss-reactive ketones (excluding diaryl/α,β-unsaturated/α-hetero) is 1. The van der Waals surface area contributed by atoms with Crippen molar-refractivity contribution < 1.29 is 19.1 Å². The Labute approximate surface area is 119 Å². The van der Waals surface area contributed by atoms with Crippen LogP contribution in [0.1, 0.15) is 29.8 Å². The van der Waals surface area contributed by atoms with Gasteiger partial charge in [0.1, 0.15) is 5.75 Å². The molecule has 0 aliphatic carbocycles. The number of carbonyl (C=O) groups excluding carboxylic acids is 2. The number of rotatable bonds is 7. The summed E-state index contributed by atoms with van der Waals surface area (Å²) in [6, 6.07) is 5.22. The molecule has 1 rings (SSSR count). The van der Waals surface area contributed by atoms with Crippen LogP contribution in [0.25, 0.3) is 0 Å². The van der Waals surface area contributed by atoms with Crippen molar-refractivity contribution >= 4 is 11.7 Å². The predicted octanol–water partition coefficient (Wildman–Crippen LogP) is 1.73. The van der Waals surface area contributed by atoms with Gasteiger partial charge in [0.2, 0.25) is 0 Å². The Balaban J connectivity index is 2.61. The van der Waals surface area contributed by atoms with Crippen molar-refractivity contribution in [1.29, 1.82) is 0 Å². The third-order valence-corrected chi connectivity index (χ3v) is 2.70. The maximum absolute atomic E-state index is 11.7. The minimum atomic E-state index is -0.246. The van der Waals surface area contributed by atoms with Crippen molar-refractivity contribution in [1.82, 2.24) is 5.32 Å². The van der Waals surface area contributed by atoms with Crippen molar-refractivity contribution in [3.05, 3.63) is 29.3 Å². The van der Waals surface area contributed by atoms with E-state index < -0.39 is 0 Å². The summed E-state index contributed by atoms with van der Waals surface area (Å²) in [4.78, 5) is 23.2. The van der Waals surface area contributed by atoms with Gasteiger partial charge in [0.25, 0.3) is 5.91 Å². The average Bonchev–Trinajstić information content (AvgIpc) is 2.37. The Morgan fingerprint density at radius 3 is 2.65 bits per heavy atom. The number of methoxy groups -OCH3 is 1. The van der Waals surface area contributed by atoms with Crippen LogP contribution in [0.4, 0.5) is 0 Å². The van der Waals surface area contributed by atoms with Crippen molar-refractivity contribution in [2.24, 2.45) is 0 Å². The Morgan fingerprint density at radius 2 is 2.05 bits per heavy atom. The second kappa shape index (κ2) is 7.65. The molecule has 110 valence electrons. The molecule has 0 radical (unpaired) electrons. The molecular weight excluding hydrogens is 258 g/mol. The molecule has 20 heavy (non-hydrogen) atoms. The molecule has 0 saturated carbocycles. The van der Waals surface area contributed by atoms with Crippen LogP contribution in [0, 0.1) is 6.92 Å². The van der Waals surface area contributed by atoms with Crippen molar-refractivity contribution in [2.45, 2.75) is 26.8 Å². The van der Waals surface area contributed by atoms with E-state index in [4.69, 9.17) is 9.47 Å². The lowest BCUT2D eigenvalue weighted by molar-refractivity contribution is -0.124. The first kappa shape index (κ1) is 16.2. The summed E-state index contributed by atoms with van der Waals surface area (Å²) in [6.07, 6.45) is 0. The molecule has 0 spiro atoms. The van der Waals surface area contributed by atoms with Gasteiger partial charge in [-0.1, -0.05) is 11.6 Å². The summed E-state index contributed by atoms with van der Waals surface area (Å²) < 4.78 is 10.4. The van der Waals surface area contributed by atoms with E-state index in [1.165, 1.54) is 6.92 Å². The first-order valence-corrected chi connectivity index (χ1v) is 6.46. The highest BCUT2D eigenvalue weighted by atomic mass is 16.5. The maximum Gasteiger partial charge on any atom is 0.258 e. The van der Waals surface area contributed by atoms with E-state index in [0.29, 0.717) is 17.9 Å². The lowest BCUT2D eigenvalue weighted by Crippen LogP contribution is -2.38. The molecule has 0 aliphatic rings. The monoisotopic (exact) mass is 279 g/mol. The third kappa shape index (κ3) is 5.01. The molecule has 0 aliphatic heterocycles. The fourth-order valence-corrected chi connectivity index (χ4v) is 1.80. The van der Waals surface area contributed by atoms with Crippen molar-refractivity contribution in [3.63, 3.8) is 0 Å². The molecule has 1 unspecified atom stereocenters. The number of hydrogen-bond donors (Lipinski definition) is 1. The van der Waals surface area contributed by atoms with Gasteiger partial charge in [-0.05, 0) is 32.9 Å². The van der Waals surface area contributed by atoms with E-state index in [-0.39, 0.29) is 24.3 Å². The first-order valence-electron chi connectivity index (χ1n) is 6.46. The maximum atomic E-state index is 11.7. The molecule has 1 atom stereocenters. The zero-order valence-corrected chi connectivity index (χ0v) is 12.4. The molecule has 0 fully saturated rings. The highest BCUT2D eigenvalue weighted by molar-refractivity contribution is 5.97. The molecule has 0 bridgehead atoms. The molecule has 1 aromatic carbocycles. The summed E-state index contributed by atoms with van der Waals surface area (Å²) in [5.41, 5.74) is 1.46. The van der Waals surface area contributed by atoms with Crippen LogP contribution in [-0.4, -0.2) is 38.1 Å². The van der Waals surface area contributed by atoms with Crippen molar-refractivity contribution in [3.8, 4) is 5.75 Å². The van der Waals surface area contributed by atoms with Gasteiger partial charge < -0.3 is 14.8 Å². The summed E-state index contributed by atoms with van der Waals surface area (Å²) >= 11 is 0. The predicted molar refractivity (Wildman–Crippen MR) is 76.2 cm³/mol. The highest BCUT2D eigenvalue weighted by Crippen LogP contribution is 2.20. The number of amides is 1. The SMILES string of the molecule is COCC(C)NC(=O)COc1ccc(C)cc1C(C)=O. The minimum Gasteiger partial charge on any atom is -0.483 e. The molecule has 5 nitrogen and oxygen atoms in total. The van der Waals surface area contributed by atoms with Crippen LogP contribution in [0.15, 0.2) is 18.2 Å². The second-order valence-electron chi connectivity index (χ2n) is 4.77. The number of hydrogen-bond acceptors (Lipinski definition) is 4. The quantitative estimate of drug-likeness (QED) is 0.772. The molecule has 5 heteroatoms. The van der Waals surface area contributed by atoms with E-state index in [9.17, 15) is 9.59 Å². The Morgan fingerprint density at radius 1 is 1.35 bits per heavy atom. The standard InChI is InChI=1S/C15H21NO4/c1-10-5-6-14(13(7-10)12(3)17)20-9-15(18)16-11(2)8-19-4/h5-7,11H,8-9H2,1-4H3,(H,16,18). The summed E-state index contributed by atoms with van der Waals surface area (Å²) in [5, 5.41) is 2.74. The Hall–Kier alpha value is -1.88. The Kier molecular flexibility index (Phi) is 6.18. The molecular formula is C15H21NO4. The number of ketones is 1. The zero-order chi connectivity index (χ0) is 15.1. The summed E-state index contributed by atoms with van der Waals surface area (Å²) in [6.45, 7) is 5.53. The lowest BCUT2D eigenvalue weighted by atomic mass is 10.1. The number of carbonyl (C=O) groups is 2. The first-order chi connectivity index (χ1) is 9.43. The molecule has 0 saturated heterocycles. The van der Waals surface area contributed by atoms with Crippen LogP contribution in [0.2, 0.25) is 0 Å². The van der Waals surface area contributed by atoms with Gasteiger partial charge in [-0.25, -0.2) is 0 Å². The number of nitrogens with one attached hydrogen (secondary N) is 1. The van der Waals surface area contributed by atoms with Crippen LogP contribution < -0.4 is 10.1 Å². The van der Waals surface area contributed by atoms with Gasteiger partial charge in [0.15, 0.2) is 12.4 Å². The summed E-state index contributed by atoms with van der Waals surface area (Å²) in [5.74, 6) is 0.0964. The molecule has 1 N–H and O–H groups in total. The van der Waals surface area contributed by atoms with Gasteiger partial charge in [-0.15, -0.1) is 0 Å². The van der Waals surface area contributed by atoms with Gasteiger partial charge in [0.05, 0.1) is 12.2 Å². The van der Waals surface area contributed by atoms with Gasteiger partial charge in [-0.2, -0.15) is 0 Å². The van der Waals surface area contributed by atoms with E-state index in [1.54, 1.807) is 19.2 Å². The third-order valence-electron chi connectivity index (χ3n) is 2.70. The fourth-order valence-electron chi connectivity index (χ4n) is 1.80. The van der Waals surface area contributed by atoms with Gasteiger partial charge in [-0.3, -0.25) is 9.59 Å². The van der Waals surface area contributed by atoms with E-state index >= 15 is 0 Å². The van der Waals surface area contributed by atoms with E-state index in [2.05, 4.69) is 5.32 Å². The van der Waals surface area contributed by atoms with E-state index in [1.807, 2.05) is 19.9 Å². The minimum absolute atomic E-state index is 0.0820. The topological polar surface area (TPSA) is 64.6 Å². The van der Waals surface area contributed by atoms with Crippen LogP contribution in [0.5, 0.6) is 5.75 Å². The molecule has 0 aromatic heterocycles. The fraction of sp³-hybridized carbons (Fsp3) is 0.467.